The maximum atomic E-state index is 10.9. The van der Waals surface area contributed by atoms with Gasteiger partial charge in [-0.1, -0.05) is 12.1 Å². The predicted octanol–water partition coefficient (Wildman–Crippen LogP) is 4.26. The first-order chi connectivity index (χ1) is 12.1. The molecular weight excluding hydrogens is 338 g/mol. The Bertz CT molecular complexity index is 969. The fourth-order valence-electron chi connectivity index (χ4n) is 2.69. The molecule has 126 valence electrons. The summed E-state index contributed by atoms with van der Waals surface area (Å²) in [6, 6.07) is 12.9. The molecule has 1 aromatic heterocycles. The molecule has 25 heavy (non-hydrogen) atoms. The number of aromatic carboxylic acids is 1. The van der Waals surface area contributed by atoms with Crippen molar-refractivity contribution in [3.8, 4) is 11.5 Å². The van der Waals surface area contributed by atoms with Gasteiger partial charge in [0.05, 0.1) is 16.1 Å². The molecule has 0 saturated carbocycles. The quantitative estimate of drug-likeness (QED) is 0.707. The number of aromatic nitrogens is 1. The van der Waals surface area contributed by atoms with Crippen molar-refractivity contribution in [2.45, 2.75) is 17.7 Å². The zero-order valence-electron chi connectivity index (χ0n) is 13.5. The molecule has 1 aliphatic heterocycles. The van der Waals surface area contributed by atoms with Crippen molar-refractivity contribution in [2.24, 2.45) is 0 Å². The SMILES string of the molecule is Cc1cc2cc3c(cc2nc1SCc1ccc(C(=O)O)cc1)OCO3. The number of aryl methyl sites for hydroxylation is 1. The second-order valence-corrected chi connectivity index (χ2v) is 6.76. The summed E-state index contributed by atoms with van der Waals surface area (Å²) >= 11 is 1.63. The van der Waals surface area contributed by atoms with Gasteiger partial charge in [-0.3, -0.25) is 0 Å². The molecule has 3 aromatic rings. The van der Waals surface area contributed by atoms with E-state index in [9.17, 15) is 4.79 Å². The predicted molar refractivity (Wildman–Crippen MR) is 95.6 cm³/mol. The maximum absolute atomic E-state index is 10.9. The number of pyridine rings is 1. The molecule has 5 nitrogen and oxygen atoms in total. The van der Waals surface area contributed by atoms with Gasteiger partial charge in [-0.15, -0.1) is 11.8 Å². The van der Waals surface area contributed by atoms with Crippen molar-refractivity contribution < 1.29 is 19.4 Å². The van der Waals surface area contributed by atoms with E-state index in [0.29, 0.717) is 5.56 Å². The molecule has 2 heterocycles. The first kappa shape index (κ1) is 15.8. The third-order valence-corrected chi connectivity index (χ3v) is 5.19. The second kappa shape index (κ2) is 6.29. The molecule has 1 N–H and O–H groups in total. The zero-order chi connectivity index (χ0) is 17.4. The van der Waals surface area contributed by atoms with Gasteiger partial charge in [-0.2, -0.15) is 0 Å². The average molecular weight is 353 g/mol. The largest absolute Gasteiger partial charge is 0.478 e. The first-order valence-corrected chi connectivity index (χ1v) is 8.75. The average Bonchev–Trinajstić information content (AvgIpc) is 3.05. The molecule has 0 bridgehead atoms. The lowest BCUT2D eigenvalue weighted by Crippen LogP contribution is -1.95. The normalized spacial score (nSPS) is 12.5. The monoisotopic (exact) mass is 353 g/mol. The number of rotatable bonds is 4. The summed E-state index contributed by atoms with van der Waals surface area (Å²) < 4.78 is 10.8. The fraction of sp³-hybridized carbons (Fsp3) is 0.158. The topological polar surface area (TPSA) is 68.7 Å². The van der Waals surface area contributed by atoms with Crippen LogP contribution in [0.5, 0.6) is 11.5 Å². The highest BCUT2D eigenvalue weighted by Crippen LogP contribution is 2.37. The van der Waals surface area contributed by atoms with Crippen molar-refractivity contribution in [3.05, 3.63) is 59.2 Å². The lowest BCUT2D eigenvalue weighted by molar-refractivity contribution is 0.0697. The Labute approximate surface area is 148 Å². The van der Waals surface area contributed by atoms with Crippen molar-refractivity contribution in [2.75, 3.05) is 6.79 Å². The van der Waals surface area contributed by atoms with Crippen LogP contribution in [0, 0.1) is 6.92 Å². The molecule has 0 unspecified atom stereocenters. The van der Waals surface area contributed by atoms with E-state index < -0.39 is 5.97 Å². The van der Waals surface area contributed by atoms with Crippen LogP contribution in [0.1, 0.15) is 21.5 Å². The summed E-state index contributed by atoms with van der Waals surface area (Å²) in [4.78, 5) is 15.7. The Balaban J connectivity index is 1.57. The number of carbonyl (C=O) groups is 1. The van der Waals surface area contributed by atoms with Crippen LogP contribution in [0.4, 0.5) is 0 Å². The van der Waals surface area contributed by atoms with Gasteiger partial charge in [0.15, 0.2) is 11.5 Å². The van der Waals surface area contributed by atoms with Gasteiger partial charge < -0.3 is 14.6 Å². The number of fused-ring (bicyclic) bond motifs is 2. The van der Waals surface area contributed by atoms with Crippen LogP contribution in [-0.2, 0) is 5.75 Å². The van der Waals surface area contributed by atoms with E-state index in [1.54, 1.807) is 23.9 Å². The van der Waals surface area contributed by atoms with Crippen LogP contribution < -0.4 is 9.47 Å². The van der Waals surface area contributed by atoms with E-state index in [2.05, 4.69) is 6.07 Å². The minimum atomic E-state index is -0.912. The Morgan fingerprint density at radius 3 is 2.60 bits per heavy atom. The van der Waals surface area contributed by atoms with Gasteiger partial charge in [0.1, 0.15) is 0 Å². The molecule has 6 heteroatoms. The number of nitrogens with zero attached hydrogens (tertiary/aromatic N) is 1. The lowest BCUT2D eigenvalue weighted by atomic mass is 10.1. The Hall–Kier alpha value is -2.73. The first-order valence-electron chi connectivity index (χ1n) is 7.76. The zero-order valence-corrected chi connectivity index (χ0v) is 14.3. The smallest absolute Gasteiger partial charge is 0.335 e. The Kier molecular flexibility index (Phi) is 3.97. The standard InChI is InChI=1S/C19H15NO4S/c1-11-6-14-7-16-17(24-10-23-16)8-15(14)20-18(11)25-9-12-2-4-13(5-3-12)19(21)22/h2-8H,9-10H2,1H3,(H,21,22). The molecule has 0 atom stereocenters. The van der Waals surface area contributed by atoms with Crippen LogP contribution in [-0.4, -0.2) is 22.9 Å². The van der Waals surface area contributed by atoms with Gasteiger partial charge in [-0.05, 0) is 42.3 Å². The summed E-state index contributed by atoms with van der Waals surface area (Å²) in [7, 11) is 0. The molecule has 1 aliphatic rings. The van der Waals surface area contributed by atoms with E-state index in [1.807, 2.05) is 31.2 Å². The Morgan fingerprint density at radius 1 is 1.16 bits per heavy atom. The molecule has 4 rings (SSSR count). The number of carboxylic acid groups (broad SMARTS) is 1. The van der Waals surface area contributed by atoms with E-state index in [1.165, 1.54) is 0 Å². The van der Waals surface area contributed by atoms with Crippen molar-refractivity contribution in [1.82, 2.24) is 4.98 Å². The minimum absolute atomic E-state index is 0.249. The van der Waals surface area contributed by atoms with E-state index in [4.69, 9.17) is 19.6 Å². The van der Waals surface area contributed by atoms with Crippen molar-refractivity contribution in [1.29, 1.82) is 0 Å². The Morgan fingerprint density at radius 2 is 1.88 bits per heavy atom. The van der Waals surface area contributed by atoms with Crippen LogP contribution in [0.15, 0.2) is 47.5 Å². The van der Waals surface area contributed by atoms with E-state index >= 15 is 0 Å². The third-order valence-electron chi connectivity index (χ3n) is 4.03. The second-order valence-electron chi connectivity index (χ2n) is 5.80. The number of thioether (sulfide) groups is 1. The third kappa shape index (κ3) is 3.13. The van der Waals surface area contributed by atoms with Crippen molar-refractivity contribution in [3.63, 3.8) is 0 Å². The number of ether oxygens (including phenoxy) is 2. The summed E-state index contributed by atoms with van der Waals surface area (Å²) in [5, 5.41) is 10.9. The number of carboxylic acids is 1. The van der Waals surface area contributed by atoms with Gasteiger partial charge in [0.2, 0.25) is 6.79 Å². The molecule has 0 aliphatic carbocycles. The molecule has 0 spiro atoms. The molecule has 0 fully saturated rings. The molecule has 0 radical (unpaired) electrons. The highest BCUT2D eigenvalue weighted by Gasteiger charge is 2.16. The van der Waals surface area contributed by atoms with Crippen LogP contribution in [0.25, 0.3) is 10.9 Å². The van der Waals surface area contributed by atoms with Crippen LogP contribution in [0.2, 0.25) is 0 Å². The highest BCUT2D eigenvalue weighted by molar-refractivity contribution is 7.98. The van der Waals surface area contributed by atoms with Crippen LogP contribution >= 0.6 is 11.8 Å². The summed E-state index contributed by atoms with van der Waals surface area (Å²) in [6.45, 7) is 2.28. The number of benzene rings is 2. The van der Waals surface area contributed by atoms with Gasteiger partial charge >= 0.3 is 5.97 Å². The summed E-state index contributed by atoms with van der Waals surface area (Å²) in [5.41, 5.74) is 3.32. The van der Waals surface area contributed by atoms with E-state index in [0.717, 1.165) is 44.3 Å². The minimum Gasteiger partial charge on any atom is -0.478 e. The molecule has 2 aromatic carbocycles. The number of hydrogen-bond donors (Lipinski definition) is 1. The van der Waals surface area contributed by atoms with Crippen LogP contribution in [0.3, 0.4) is 0 Å². The van der Waals surface area contributed by atoms with Crippen molar-refractivity contribution >= 4 is 28.6 Å². The van der Waals surface area contributed by atoms with Gasteiger partial charge in [0, 0.05) is 17.2 Å². The van der Waals surface area contributed by atoms with E-state index in [-0.39, 0.29) is 6.79 Å². The molecular formula is C19H15NO4S. The van der Waals surface area contributed by atoms with Gasteiger partial charge in [0.25, 0.3) is 0 Å². The number of hydrogen-bond acceptors (Lipinski definition) is 5. The van der Waals surface area contributed by atoms with Gasteiger partial charge in [-0.25, -0.2) is 9.78 Å². The molecule has 0 amide bonds. The lowest BCUT2D eigenvalue weighted by Gasteiger charge is -2.08. The summed E-state index contributed by atoms with van der Waals surface area (Å²) in [6.07, 6.45) is 0. The maximum Gasteiger partial charge on any atom is 0.335 e. The molecule has 0 saturated heterocycles. The summed E-state index contributed by atoms with van der Waals surface area (Å²) in [5.74, 6) is 1.30. The fourth-order valence-corrected chi connectivity index (χ4v) is 3.64. The highest BCUT2D eigenvalue weighted by atomic mass is 32.2.